The number of hydrogen-bond acceptors (Lipinski definition) is 3. The predicted molar refractivity (Wildman–Crippen MR) is 52.0 cm³/mol. The second-order valence-corrected chi connectivity index (χ2v) is 2.94. The van der Waals surface area contributed by atoms with Crippen LogP contribution in [0.3, 0.4) is 0 Å². The third-order valence-corrected chi connectivity index (χ3v) is 1.90. The van der Waals surface area contributed by atoms with Gasteiger partial charge in [0.2, 0.25) is 5.69 Å². The van der Waals surface area contributed by atoms with Crippen molar-refractivity contribution in [2.24, 2.45) is 0 Å². The van der Waals surface area contributed by atoms with E-state index in [4.69, 9.17) is 4.74 Å². The third kappa shape index (κ3) is 2.07. The van der Waals surface area contributed by atoms with Gasteiger partial charge in [-0.05, 0) is 29.0 Å². The first-order chi connectivity index (χ1) is 7.29. The Balaban J connectivity index is 2.27. The van der Waals surface area contributed by atoms with Gasteiger partial charge in [0.1, 0.15) is 5.75 Å². The Labute approximate surface area is 85.9 Å². The van der Waals surface area contributed by atoms with Crippen molar-refractivity contribution in [2.75, 3.05) is 6.61 Å². The lowest BCUT2D eigenvalue weighted by Crippen LogP contribution is -2.31. The Hall–Kier alpha value is -2.04. The number of rotatable bonds is 3. The molecular weight excluding hydrogens is 196 g/mol. The maximum atomic E-state index is 10.8. The van der Waals surface area contributed by atoms with Crippen molar-refractivity contribution in [3.05, 3.63) is 40.9 Å². The van der Waals surface area contributed by atoms with Crippen molar-refractivity contribution >= 4 is 0 Å². The van der Waals surface area contributed by atoms with E-state index in [2.05, 4.69) is 9.79 Å². The molecule has 2 rings (SSSR count). The minimum Gasteiger partial charge on any atom is -0.494 e. The zero-order valence-electron chi connectivity index (χ0n) is 8.27. The monoisotopic (exact) mass is 207 g/mol. The van der Waals surface area contributed by atoms with Gasteiger partial charge in [0.15, 0.2) is 0 Å². The molecule has 0 aliphatic rings. The minimum atomic E-state index is -0.413. The van der Waals surface area contributed by atoms with E-state index in [-0.39, 0.29) is 0 Å². The van der Waals surface area contributed by atoms with Gasteiger partial charge in [-0.1, -0.05) is 0 Å². The van der Waals surface area contributed by atoms with Crippen LogP contribution in [0.5, 0.6) is 5.75 Å². The van der Waals surface area contributed by atoms with Crippen LogP contribution in [-0.4, -0.2) is 11.9 Å². The summed E-state index contributed by atoms with van der Waals surface area (Å²) < 4.78 is 11.3. The van der Waals surface area contributed by atoms with Crippen LogP contribution in [0.2, 0.25) is 0 Å². The van der Waals surface area contributed by atoms with Crippen molar-refractivity contribution in [1.82, 2.24) is 5.27 Å². The minimum absolute atomic E-state index is 0.413. The molecule has 0 radical (unpaired) electrons. The topological polar surface area (TPSA) is 59.1 Å². The van der Waals surface area contributed by atoms with Crippen molar-refractivity contribution < 1.29 is 13.9 Å². The Morgan fingerprint density at radius 2 is 2.13 bits per heavy atom. The van der Waals surface area contributed by atoms with Gasteiger partial charge in [0.05, 0.1) is 6.61 Å². The molecular formula is C10H11N2O3+. The van der Waals surface area contributed by atoms with Gasteiger partial charge in [0, 0.05) is 12.1 Å². The Bertz CT molecular complexity index is 484. The van der Waals surface area contributed by atoms with Gasteiger partial charge in [-0.25, -0.2) is 4.79 Å². The van der Waals surface area contributed by atoms with Crippen LogP contribution in [0.1, 0.15) is 6.92 Å². The normalized spacial score (nSPS) is 10.2. The molecule has 1 aromatic heterocycles. The number of hydrogen-bond donors (Lipinski definition) is 1. The highest BCUT2D eigenvalue weighted by molar-refractivity contribution is 5.30. The molecule has 1 aromatic carbocycles. The lowest BCUT2D eigenvalue weighted by Gasteiger charge is -2.00. The van der Waals surface area contributed by atoms with Crippen LogP contribution in [0.15, 0.2) is 39.8 Å². The molecule has 0 aliphatic carbocycles. The molecule has 1 N–H and O–H groups in total. The first-order valence-corrected chi connectivity index (χ1v) is 4.63. The highest BCUT2D eigenvalue weighted by Crippen LogP contribution is 2.11. The lowest BCUT2D eigenvalue weighted by molar-refractivity contribution is -0.670. The molecule has 0 fully saturated rings. The van der Waals surface area contributed by atoms with Crippen molar-refractivity contribution in [2.45, 2.75) is 6.92 Å². The molecule has 5 heteroatoms. The van der Waals surface area contributed by atoms with Crippen LogP contribution >= 0.6 is 0 Å². The summed E-state index contributed by atoms with van der Waals surface area (Å²) in [6, 6.07) is 7.32. The fourth-order valence-electron chi connectivity index (χ4n) is 1.25. The van der Waals surface area contributed by atoms with Gasteiger partial charge in [-0.15, -0.1) is 0 Å². The van der Waals surface area contributed by atoms with E-state index >= 15 is 0 Å². The van der Waals surface area contributed by atoms with Crippen LogP contribution in [0.25, 0.3) is 5.69 Å². The number of nitrogens with one attached hydrogen (secondary N) is 1. The number of nitrogens with zero attached hydrogens (tertiary/aromatic N) is 1. The summed E-state index contributed by atoms with van der Waals surface area (Å²) >= 11 is 0. The smallest absolute Gasteiger partial charge is 0.427 e. The number of H-pyrrole nitrogens is 1. The maximum absolute atomic E-state index is 10.8. The summed E-state index contributed by atoms with van der Waals surface area (Å²) in [5.74, 6) is 0.799. The molecule has 0 unspecified atom stereocenters. The van der Waals surface area contributed by atoms with E-state index in [1.807, 2.05) is 31.2 Å². The Morgan fingerprint density at radius 3 is 2.67 bits per heavy atom. The highest BCUT2D eigenvalue weighted by atomic mass is 16.5. The fraction of sp³-hybridized carbons (Fsp3) is 0.200. The molecule has 0 amide bonds. The molecule has 5 nitrogen and oxygen atoms in total. The summed E-state index contributed by atoms with van der Waals surface area (Å²) in [5, 5.41) is 2.46. The largest absolute Gasteiger partial charge is 0.494 e. The maximum Gasteiger partial charge on any atom is 0.427 e. The molecule has 0 saturated carbocycles. The van der Waals surface area contributed by atoms with Gasteiger partial charge < -0.3 is 4.74 Å². The van der Waals surface area contributed by atoms with E-state index in [9.17, 15) is 4.79 Å². The third-order valence-electron chi connectivity index (χ3n) is 1.90. The van der Waals surface area contributed by atoms with Crippen LogP contribution in [-0.2, 0) is 0 Å². The van der Waals surface area contributed by atoms with E-state index in [1.165, 1.54) is 10.9 Å². The molecule has 0 atom stereocenters. The fourth-order valence-corrected chi connectivity index (χ4v) is 1.25. The van der Waals surface area contributed by atoms with Crippen molar-refractivity contribution in [3.8, 4) is 11.4 Å². The molecule has 0 aliphatic heterocycles. The van der Waals surface area contributed by atoms with E-state index < -0.39 is 5.63 Å². The second-order valence-electron chi connectivity index (χ2n) is 2.94. The zero-order chi connectivity index (χ0) is 10.7. The van der Waals surface area contributed by atoms with Crippen LogP contribution in [0.4, 0.5) is 0 Å². The van der Waals surface area contributed by atoms with E-state index in [0.29, 0.717) is 6.61 Å². The van der Waals surface area contributed by atoms with Gasteiger partial charge in [0.25, 0.3) is 6.20 Å². The predicted octanol–water partition coefficient (Wildman–Crippen LogP) is 0.643. The molecule has 0 spiro atoms. The summed E-state index contributed by atoms with van der Waals surface area (Å²) in [6.07, 6.45) is 1.33. The number of aromatic nitrogens is 2. The molecule has 0 saturated heterocycles. The number of ether oxygens (including phenoxy) is 1. The second kappa shape index (κ2) is 4.00. The van der Waals surface area contributed by atoms with E-state index in [0.717, 1.165) is 11.4 Å². The average Bonchev–Trinajstić information content (AvgIpc) is 2.67. The van der Waals surface area contributed by atoms with Gasteiger partial charge in [-0.2, -0.15) is 0 Å². The Kier molecular flexibility index (Phi) is 2.53. The SMILES string of the molecule is CCOc1ccc(-[n+]2cc(=O)o[nH]2)cc1. The average molecular weight is 207 g/mol. The summed E-state index contributed by atoms with van der Waals surface area (Å²) in [6.45, 7) is 2.56. The molecule has 2 aromatic rings. The first kappa shape index (κ1) is 9.51. The van der Waals surface area contributed by atoms with Crippen molar-refractivity contribution in [3.63, 3.8) is 0 Å². The van der Waals surface area contributed by atoms with Crippen LogP contribution in [0, 0.1) is 0 Å². The van der Waals surface area contributed by atoms with Crippen LogP contribution < -0.4 is 15.0 Å². The van der Waals surface area contributed by atoms with Crippen molar-refractivity contribution in [1.29, 1.82) is 0 Å². The van der Waals surface area contributed by atoms with E-state index in [1.54, 1.807) is 0 Å². The molecule has 15 heavy (non-hydrogen) atoms. The molecule has 78 valence electrons. The van der Waals surface area contributed by atoms with Gasteiger partial charge in [-0.3, -0.25) is 4.52 Å². The lowest BCUT2D eigenvalue weighted by atomic mass is 10.3. The summed E-state index contributed by atoms with van der Waals surface area (Å²) in [7, 11) is 0. The van der Waals surface area contributed by atoms with Gasteiger partial charge >= 0.3 is 5.63 Å². The Morgan fingerprint density at radius 1 is 1.40 bits per heavy atom. The summed E-state index contributed by atoms with van der Waals surface area (Å²) in [5.41, 5.74) is 0.396. The molecule has 0 bridgehead atoms. The number of benzene rings is 1. The standard InChI is InChI=1S/C10H10N2O3/c1-2-14-9-5-3-8(4-6-9)12-7-10(13)15-11-12/h3-7H,2H2,1H3/p+1. The quantitative estimate of drug-likeness (QED) is 0.751. The zero-order valence-corrected chi connectivity index (χ0v) is 8.27. The number of aromatic amines is 1. The first-order valence-electron chi connectivity index (χ1n) is 4.63. The summed E-state index contributed by atoms with van der Waals surface area (Å²) in [4.78, 5) is 10.8. The molecule has 1 heterocycles. The highest BCUT2D eigenvalue weighted by Gasteiger charge is 2.09.